The zero-order valence-electron chi connectivity index (χ0n) is 13.1. The molecule has 1 heterocycles. The van der Waals surface area contributed by atoms with Crippen LogP contribution in [0.4, 0.5) is 0 Å². The van der Waals surface area contributed by atoms with Crippen molar-refractivity contribution in [2.75, 3.05) is 13.7 Å². The number of aromatic nitrogens is 1. The second kappa shape index (κ2) is 6.96. The third kappa shape index (κ3) is 3.45. The van der Waals surface area contributed by atoms with Gasteiger partial charge in [0.2, 0.25) is 0 Å². The lowest BCUT2D eigenvalue weighted by Gasteiger charge is -2.26. The summed E-state index contributed by atoms with van der Waals surface area (Å²) in [6, 6.07) is 9.75. The Labute approximate surface area is 140 Å². The van der Waals surface area contributed by atoms with Gasteiger partial charge in [-0.3, -0.25) is 4.79 Å². The smallest absolute Gasteiger partial charge is 0.254 e. The Hall–Kier alpha value is -2.14. The number of carbonyl (C=O) groups is 1. The fourth-order valence-corrected chi connectivity index (χ4v) is 3.37. The molecule has 4 nitrogen and oxygen atoms in total. The van der Waals surface area contributed by atoms with E-state index in [1.54, 1.807) is 25.4 Å². The molecule has 0 aliphatic heterocycles. The molecule has 0 bridgehead atoms. The van der Waals surface area contributed by atoms with Gasteiger partial charge < -0.3 is 15.0 Å². The van der Waals surface area contributed by atoms with Crippen LogP contribution in [-0.4, -0.2) is 24.5 Å². The summed E-state index contributed by atoms with van der Waals surface area (Å²) >= 11 is 5.16. The Morgan fingerprint density at radius 3 is 3.09 bits per heavy atom. The first-order valence-electron chi connectivity index (χ1n) is 7.81. The molecule has 23 heavy (non-hydrogen) atoms. The lowest BCUT2D eigenvalue weighted by atomic mass is 9.82. The van der Waals surface area contributed by atoms with Gasteiger partial charge >= 0.3 is 0 Å². The van der Waals surface area contributed by atoms with Crippen LogP contribution in [0.2, 0.25) is 0 Å². The van der Waals surface area contributed by atoms with E-state index in [1.807, 2.05) is 6.07 Å². The maximum absolute atomic E-state index is 12.3. The van der Waals surface area contributed by atoms with Gasteiger partial charge in [0.15, 0.2) is 0 Å². The van der Waals surface area contributed by atoms with Crippen LogP contribution in [0.25, 0.3) is 0 Å². The summed E-state index contributed by atoms with van der Waals surface area (Å²) in [5, 5.41) is 3.02. The highest BCUT2D eigenvalue weighted by Crippen LogP contribution is 2.33. The molecule has 0 radical (unpaired) electrons. The van der Waals surface area contributed by atoms with Crippen molar-refractivity contribution >= 4 is 18.1 Å². The van der Waals surface area contributed by atoms with Crippen molar-refractivity contribution in [1.82, 2.24) is 10.3 Å². The first kappa shape index (κ1) is 15.7. The molecule has 1 aliphatic rings. The summed E-state index contributed by atoms with van der Waals surface area (Å²) in [6.45, 7) is 0.627. The quantitative estimate of drug-likeness (QED) is 0.843. The van der Waals surface area contributed by atoms with Crippen molar-refractivity contribution in [3.8, 4) is 5.75 Å². The van der Waals surface area contributed by atoms with Crippen LogP contribution in [0.1, 0.15) is 40.2 Å². The standard InChI is InChI=1S/C18H20N2O2S/c1-22-14-7-8-15-12(10-14)4-2-5-13(15)11-20-17(21)16-6-3-9-19-18(16)23/h3,6-10,13H,2,4-5,11H2,1H3,(H,19,23)(H,20,21). The number of carbonyl (C=O) groups excluding carboxylic acids is 1. The Bertz CT molecular complexity index is 770. The Kier molecular flexibility index (Phi) is 4.76. The van der Waals surface area contributed by atoms with Crippen LogP contribution in [-0.2, 0) is 6.42 Å². The molecule has 120 valence electrons. The van der Waals surface area contributed by atoms with Crippen molar-refractivity contribution in [2.24, 2.45) is 0 Å². The monoisotopic (exact) mass is 328 g/mol. The molecule has 1 unspecified atom stereocenters. The Morgan fingerprint density at radius 2 is 2.30 bits per heavy atom. The minimum Gasteiger partial charge on any atom is -0.497 e. The van der Waals surface area contributed by atoms with Gasteiger partial charge in [0, 0.05) is 18.7 Å². The van der Waals surface area contributed by atoms with Crippen LogP contribution in [0.3, 0.4) is 0 Å². The third-order valence-electron chi connectivity index (χ3n) is 4.36. The van der Waals surface area contributed by atoms with Crippen LogP contribution >= 0.6 is 12.2 Å². The predicted molar refractivity (Wildman–Crippen MR) is 92.6 cm³/mol. The highest BCUT2D eigenvalue weighted by Gasteiger charge is 2.21. The molecule has 5 heteroatoms. The fraction of sp³-hybridized carbons (Fsp3) is 0.333. The van der Waals surface area contributed by atoms with E-state index in [4.69, 9.17) is 17.0 Å². The first-order chi connectivity index (χ1) is 11.2. The zero-order chi connectivity index (χ0) is 16.2. The van der Waals surface area contributed by atoms with Crippen LogP contribution < -0.4 is 10.1 Å². The minimum absolute atomic E-state index is 0.118. The number of aryl methyl sites for hydroxylation is 1. The summed E-state index contributed by atoms with van der Waals surface area (Å²) in [7, 11) is 1.69. The number of amides is 1. The molecule has 3 rings (SSSR count). The summed E-state index contributed by atoms with van der Waals surface area (Å²) in [4.78, 5) is 15.2. The van der Waals surface area contributed by atoms with Gasteiger partial charge in [-0.05, 0) is 54.7 Å². The SMILES string of the molecule is COc1ccc2c(c1)CCCC2CNC(=O)c1ccc[nH]c1=S. The Balaban J connectivity index is 1.72. The molecule has 0 saturated heterocycles. The van der Waals surface area contributed by atoms with Gasteiger partial charge in [-0.1, -0.05) is 18.3 Å². The lowest BCUT2D eigenvalue weighted by Crippen LogP contribution is -2.30. The van der Waals surface area contributed by atoms with Crippen LogP contribution in [0.5, 0.6) is 5.75 Å². The van der Waals surface area contributed by atoms with Gasteiger partial charge in [0.25, 0.3) is 5.91 Å². The first-order valence-corrected chi connectivity index (χ1v) is 8.22. The number of fused-ring (bicyclic) bond motifs is 1. The molecule has 1 amide bonds. The van der Waals surface area contributed by atoms with E-state index in [2.05, 4.69) is 22.4 Å². The summed E-state index contributed by atoms with van der Waals surface area (Å²) in [6.07, 6.45) is 5.01. The second-order valence-corrected chi connectivity index (χ2v) is 6.19. The van der Waals surface area contributed by atoms with Crippen molar-refractivity contribution < 1.29 is 9.53 Å². The summed E-state index contributed by atoms with van der Waals surface area (Å²) < 4.78 is 5.77. The molecule has 2 aromatic rings. The molecule has 1 aliphatic carbocycles. The average molecular weight is 328 g/mol. The number of aromatic amines is 1. The van der Waals surface area contributed by atoms with Crippen molar-refractivity contribution in [1.29, 1.82) is 0 Å². The fourth-order valence-electron chi connectivity index (χ4n) is 3.14. The van der Waals surface area contributed by atoms with Gasteiger partial charge in [0.1, 0.15) is 10.4 Å². The number of benzene rings is 1. The van der Waals surface area contributed by atoms with Crippen molar-refractivity contribution in [3.05, 3.63) is 57.9 Å². The molecule has 0 saturated carbocycles. The molecular weight excluding hydrogens is 308 g/mol. The summed E-state index contributed by atoms with van der Waals surface area (Å²) in [5.41, 5.74) is 3.16. The van der Waals surface area contributed by atoms with Gasteiger partial charge in [-0.2, -0.15) is 0 Å². The Morgan fingerprint density at radius 1 is 1.43 bits per heavy atom. The van der Waals surface area contributed by atoms with Gasteiger partial charge in [0.05, 0.1) is 12.7 Å². The highest BCUT2D eigenvalue weighted by molar-refractivity contribution is 7.71. The highest BCUT2D eigenvalue weighted by atomic mass is 32.1. The summed E-state index contributed by atoms with van der Waals surface area (Å²) in [5.74, 6) is 1.12. The van der Waals surface area contributed by atoms with Crippen LogP contribution in [0, 0.1) is 4.64 Å². The van der Waals surface area contributed by atoms with Gasteiger partial charge in [-0.15, -0.1) is 0 Å². The van der Waals surface area contributed by atoms with E-state index in [0.29, 0.717) is 22.7 Å². The topological polar surface area (TPSA) is 54.1 Å². The maximum atomic E-state index is 12.3. The molecule has 1 aromatic carbocycles. The number of rotatable bonds is 4. The van der Waals surface area contributed by atoms with Crippen LogP contribution in [0.15, 0.2) is 36.5 Å². The van der Waals surface area contributed by atoms with E-state index in [0.717, 1.165) is 25.0 Å². The van der Waals surface area contributed by atoms with Gasteiger partial charge in [-0.25, -0.2) is 0 Å². The molecule has 1 aromatic heterocycles. The van der Waals surface area contributed by atoms with E-state index in [-0.39, 0.29) is 5.91 Å². The number of methoxy groups -OCH3 is 1. The largest absolute Gasteiger partial charge is 0.497 e. The van der Waals surface area contributed by atoms with E-state index in [9.17, 15) is 4.79 Å². The van der Waals surface area contributed by atoms with E-state index < -0.39 is 0 Å². The van der Waals surface area contributed by atoms with E-state index >= 15 is 0 Å². The predicted octanol–water partition coefficient (Wildman–Crippen LogP) is 3.60. The minimum atomic E-state index is -0.118. The van der Waals surface area contributed by atoms with E-state index in [1.165, 1.54) is 11.1 Å². The maximum Gasteiger partial charge on any atom is 0.254 e. The number of H-pyrrole nitrogens is 1. The average Bonchev–Trinajstić information content (AvgIpc) is 2.59. The molecule has 0 fully saturated rings. The molecule has 1 atom stereocenters. The number of hydrogen-bond acceptors (Lipinski definition) is 3. The second-order valence-electron chi connectivity index (χ2n) is 5.78. The van der Waals surface area contributed by atoms with Crippen molar-refractivity contribution in [3.63, 3.8) is 0 Å². The lowest BCUT2D eigenvalue weighted by molar-refractivity contribution is 0.0949. The zero-order valence-corrected chi connectivity index (χ0v) is 13.9. The molecular formula is C18H20N2O2S. The molecule has 0 spiro atoms. The molecule has 2 N–H and O–H groups in total. The number of hydrogen-bond donors (Lipinski definition) is 2. The normalized spacial score (nSPS) is 16.5. The number of nitrogens with one attached hydrogen (secondary N) is 2. The van der Waals surface area contributed by atoms with Crippen molar-refractivity contribution in [2.45, 2.75) is 25.2 Å². The third-order valence-corrected chi connectivity index (χ3v) is 4.70. The number of pyridine rings is 1. The number of ether oxygens (including phenoxy) is 1.